The van der Waals surface area contributed by atoms with Gasteiger partial charge in [0.2, 0.25) is 0 Å². The minimum atomic E-state index is 0. The molecule has 7 nitrogen and oxygen atoms in total. The standard InChI is InChI=1S/C20H29N5O2.HI/c1-16(14-27-18-8-11-26-15-18)24-20(21-2)23-12-19-22-9-10-25(19)13-17-6-4-3-5-7-17;/h3-7,9-10,16,18H,8,11-15H2,1-2H3,(H2,21,23,24);1H. The zero-order valence-corrected chi connectivity index (χ0v) is 18.8. The van der Waals surface area contributed by atoms with Gasteiger partial charge in [0.15, 0.2) is 5.96 Å². The van der Waals surface area contributed by atoms with Crippen molar-refractivity contribution < 1.29 is 9.47 Å². The van der Waals surface area contributed by atoms with Crippen molar-refractivity contribution >= 4 is 29.9 Å². The Morgan fingerprint density at radius 1 is 1.39 bits per heavy atom. The van der Waals surface area contributed by atoms with Crippen LogP contribution in [0.5, 0.6) is 0 Å². The molecule has 1 aliphatic heterocycles. The molecule has 0 aliphatic carbocycles. The van der Waals surface area contributed by atoms with Crippen LogP contribution in [0.1, 0.15) is 24.7 Å². The first kappa shape index (κ1) is 22.6. The van der Waals surface area contributed by atoms with Crippen molar-refractivity contribution in [1.82, 2.24) is 20.2 Å². The van der Waals surface area contributed by atoms with Crippen molar-refractivity contribution in [3.8, 4) is 0 Å². The van der Waals surface area contributed by atoms with Crippen LogP contribution < -0.4 is 10.6 Å². The first-order valence-electron chi connectivity index (χ1n) is 9.45. The second-order valence-corrected chi connectivity index (χ2v) is 6.75. The van der Waals surface area contributed by atoms with Crippen LogP contribution in [0, 0.1) is 0 Å². The number of imidazole rings is 1. The van der Waals surface area contributed by atoms with Crippen molar-refractivity contribution in [2.24, 2.45) is 4.99 Å². The van der Waals surface area contributed by atoms with E-state index in [0.29, 0.717) is 19.8 Å². The predicted octanol–water partition coefficient (Wildman–Crippen LogP) is 2.41. The van der Waals surface area contributed by atoms with E-state index in [4.69, 9.17) is 9.47 Å². The Morgan fingerprint density at radius 3 is 2.93 bits per heavy atom. The Morgan fingerprint density at radius 2 is 2.21 bits per heavy atom. The van der Waals surface area contributed by atoms with Crippen molar-refractivity contribution in [1.29, 1.82) is 0 Å². The van der Waals surface area contributed by atoms with Crippen LogP contribution in [-0.4, -0.2) is 54.5 Å². The fourth-order valence-electron chi connectivity index (χ4n) is 2.99. The molecule has 3 rings (SSSR count). The molecule has 154 valence electrons. The second-order valence-electron chi connectivity index (χ2n) is 6.75. The van der Waals surface area contributed by atoms with Crippen LogP contribution in [-0.2, 0) is 22.6 Å². The zero-order valence-electron chi connectivity index (χ0n) is 16.5. The Bertz CT molecular complexity index is 716. The lowest BCUT2D eigenvalue weighted by atomic mass is 10.2. The fourth-order valence-corrected chi connectivity index (χ4v) is 2.99. The molecule has 8 heteroatoms. The van der Waals surface area contributed by atoms with Gasteiger partial charge in [-0.25, -0.2) is 4.98 Å². The molecule has 2 unspecified atom stereocenters. The number of nitrogens with one attached hydrogen (secondary N) is 2. The molecule has 0 spiro atoms. The van der Waals surface area contributed by atoms with Crippen LogP contribution in [0.2, 0.25) is 0 Å². The van der Waals surface area contributed by atoms with E-state index in [1.54, 1.807) is 7.05 Å². The van der Waals surface area contributed by atoms with Gasteiger partial charge >= 0.3 is 0 Å². The average Bonchev–Trinajstić information content (AvgIpc) is 3.36. The van der Waals surface area contributed by atoms with E-state index >= 15 is 0 Å². The summed E-state index contributed by atoms with van der Waals surface area (Å²) in [5, 5.41) is 6.69. The van der Waals surface area contributed by atoms with Crippen LogP contribution >= 0.6 is 24.0 Å². The molecule has 2 heterocycles. The summed E-state index contributed by atoms with van der Waals surface area (Å²) in [6.45, 7) is 5.60. The molecule has 2 atom stereocenters. The lowest BCUT2D eigenvalue weighted by Crippen LogP contribution is -2.44. The lowest BCUT2D eigenvalue weighted by Gasteiger charge is -2.19. The van der Waals surface area contributed by atoms with Gasteiger partial charge in [-0.3, -0.25) is 4.99 Å². The highest BCUT2D eigenvalue weighted by atomic mass is 127. The third kappa shape index (κ3) is 7.06. The van der Waals surface area contributed by atoms with Crippen molar-refractivity contribution in [3.63, 3.8) is 0 Å². The molecular formula is C20H30IN5O2. The van der Waals surface area contributed by atoms with Gasteiger partial charge in [0.1, 0.15) is 5.82 Å². The van der Waals surface area contributed by atoms with Gasteiger partial charge in [0.25, 0.3) is 0 Å². The molecule has 1 aromatic carbocycles. The number of halogens is 1. The maximum atomic E-state index is 5.86. The first-order valence-corrected chi connectivity index (χ1v) is 9.45. The summed E-state index contributed by atoms with van der Waals surface area (Å²) in [7, 11) is 1.77. The van der Waals surface area contributed by atoms with Gasteiger partial charge in [0, 0.05) is 38.6 Å². The number of aliphatic imine (C=N–C) groups is 1. The van der Waals surface area contributed by atoms with Crippen molar-refractivity contribution in [3.05, 3.63) is 54.1 Å². The van der Waals surface area contributed by atoms with Gasteiger partial charge in [-0.15, -0.1) is 24.0 Å². The van der Waals surface area contributed by atoms with E-state index in [2.05, 4.69) is 56.4 Å². The number of guanidine groups is 1. The number of benzene rings is 1. The van der Waals surface area contributed by atoms with Crippen LogP contribution in [0.4, 0.5) is 0 Å². The first-order chi connectivity index (χ1) is 13.2. The SMILES string of the molecule is CN=C(NCc1nccn1Cc1ccccc1)NC(C)COC1CCOC1.I. The minimum absolute atomic E-state index is 0. The summed E-state index contributed by atoms with van der Waals surface area (Å²) in [6.07, 6.45) is 5.02. The second kappa shape index (κ2) is 12.0. The maximum absolute atomic E-state index is 5.86. The summed E-state index contributed by atoms with van der Waals surface area (Å²) < 4.78 is 13.3. The normalized spacial score (nSPS) is 17.8. The molecular weight excluding hydrogens is 469 g/mol. The topological polar surface area (TPSA) is 72.7 Å². The van der Waals surface area contributed by atoms with Gasteiger partial charge < -0.3 is 24.7 Å². The van der Waals surface area contributed by atoms with E-state index in [1.165, 1.54) is 5.56 Å². The summed E-state index contributed by atoms with van der Waals surface area (Å²) in [5.41, 5.74) is 1.25. The quantitative estimate of drug-likeness (QED) is 0.332. The van der Waals surface area contributed by atoms with Crippen LogP contribution in [0.15, 0.2) is 47.7 Å². The summed E-state index contributed by atoms with van der Waals surface area (Å²) in [6, 6.07) is 10.5. The van der Waals surface area contributed by atoms with Crippen molar-refractivity contribution in [2.75, 3.05) is 26.9 Å². The third-order valence-electron chi connectivity index (χ3n) is 4.49. The molecule has 1 fully saturated rings. The smallest absolute Gasteiger partial charge is 0.191 e. The average molecular weight is 499 g/mol. The number of ether oxygens (including phenoxy) is 2. The summed E-state index contributed by atoms with van der Waals surface area (Å²) >= 11 is 0. The Balaban J connectivity index is 0.00000280. The number of hydrogen-bond donors (Lipinski definition) is 2. The molecule has 2 aromatic rings. The highest BCUT2D eigenvalue weighted by Gasteiger charge is 2.17. The molecule has 2 N–H and O–H groups in total. The minimum Gasteiger partial charge on any atom is -0.379 e. The predicted molar refractivity (Wildman–Crippen MR) is 121 cm³/mol. The van der Waals surface area contributed by atoms with Gasteiger partial charge in [-0.1, -0.05) is 30.3 Å². The molecule has 1 aromatic heterocycles. The lowest BCUT2D eigenvalue weighted by molar-refractivity contribution is 0.0347. The monoisotopic (exact) mass is 499 g/mol. The highest BCUT2D eigenvalue weighted by Crippen LogP contribution is 2.08. The number of aromatic nitrogens is 2. The highest BCUT2D eigenvalue weighted by molar-refractivity contribution is 14.0. The van der Waals surface area contributed by atoms with E-state index in [1.807, 2.05) is 18.5 Å². The van der Waals surface area contributed by atoms with E-state index < -0.39 is 0 Å². The molecule has 1 aliphatic rings. The van der Waals surface area contributed by atoms with E-state index in [9.17, 15) is 0 Å². The van der Waals surface area contributed by atoms with Gasteiger partial charge in [-0.2, -0.15) is 0 Å². The number of nitrogens with zero attached hydrogens (tertiary/aromatic N) is 3. The number of rotatable bonds is 8. The molecule has 0 amide bonds. The van der Waals surface area contributed by atoms with E-state index in [-0.39, 0.29) is 36.1 Å². The van der Waals surface area contributed by atoms with Gasteiger partial charge in [0.05, 0.1) is 25.9 Å². The molecule has 0 radical (unpaired) electrons. The van der Waals surface area contributed by atoms with Crippen molar-refractivity contribution in [2.45, 2.75) is 38.6 Å². The molecule has 1 saturated heterocycles. The molecule has 0 saturated carbocycles. The Labute approximate surface area is 184 Å². The third-order valence-corrected chi connectivity index (χ3v) is 4.49. The van der Waals surface area contributed by atoms with Crippen LogP contribution in [0.3, 0.4) is 0 Å². The molecule has 0 bridgehead atoms. The van der Waals surface area contributed by atoms with Gasteiger partial charge in [-0.05, 0) is 18.9 Å². The zero-order chi connectivity index (χ0) is 18.9. The van der Waals surface area contributed by atoms with Crippen LogP contribution in [0.25, 0.3) is 0 Å². The summed E-state index contributed by atoms with van der Waals surface area (Å²) in [5.74, 6) is 1.71. The number of hydrogen-bond acceptors (Lipinski definition) is 4. The Hall–Kier alpha value is -1.65. The summed E-state index contributed by atoms with van der Waals surface area (Å²) in [4.78, 5) is 8.76. The van der Waals surface area contributed by atoms with E-state index in [0.717, 1.165) is 31.4 Å². The largest absolute Gasteiger partial charge is 0.379 e. The maximum Gasteiger partial charge on any atom is 0.191 e. The molecule has 28 heavy (non-hydrogen) atoms. The Kier molecular flexibility index (Phi) is 9.72. The fraction of sp³-hybridized carbons (Fsp3) is 0.500.